The minimum absolute atomic E-state index is 0. The van der Waals surface area contributed by atoms with Gasteiger partial charge < -0.3 is 19.9 Å². The van der Waals surface area contributed by atoms with E-state index in [1.54, 1.807) is 7.05 Å². The molecule has 0 bridgehead atoms. The van der Waals surface area contributed by atoms with Gasteiger partial charge in [0.2, 0.25) is 0 Å². The number of nitrogens with one attached hydrogen (secondary N) is 2. The van der Waals surface area contributed by atoms with Gasteiger partial charge in [0, 0.05) is 43.7 Å². The summed E-state index contributed by atoms with van der Waals surface area (Å²) in [6.07, 6.45) is 4.32. The molecule has 0 unspecified atom stereocenters. The lowest BCUT2D eigenvalue weighted by molar-refractivity contribution is 0.0783. The Balaban J connectivity index is 0.00000264. The third-order valence-electron chi connectivity index (χ3n) is 4.25. The molecule has 0 aliphatic carbocycles. The quantitative estimate of drug-likeness (QED) is 0.405. The van der Waals surface area contributed by atoms with E-state index in [4.69, 9.17) is 9.26 Å². The molecule has 8 heteroatoms. The average Bonchev–Trinajstić information content (AvgIpc) is 2.87. The fraction of sp³-hybridized carbons (Fsp3) is 0.733. The Kier molecular flexibility index (Phi) is 8.70. The summed E-state index contributed by atoms with van der Waals surface area (Å²) in [6, 6.07) is 0. The molecule has 23 heavy (non-hydrogen) atoms. The zero-order valence-electron chi connectivity index (χ0n) is 14.3. The average molecular weight is 454 g/mol. The normalized spacial score (nSPS) is 17.5. The van der Waals surface area contributed by atoms with Crippen LogP contribution in [0.5, 0.6) is 0 Å². The molecule has 6 nitrogen and oxygen atoms in total. The second-order valence-corrected chi connectivity index (χ2v) is 6.86. The smallest absolute Gasteiger partial charge is 0.191 e. The Labute approximate surface area is 159 Å². The number of aryl methyl sites for hydroxylation is 2. The maximum Gasteiger partial charge on any atom is 0.191 e. The molecule has 0 amide bonds. The molecular formula is C15H27IN4O2S. The van der Waals surface area contributed by atoms with E-state index in [0.717, 1.165) is 55.6 Å². The predicted octanol–water partition coefficient (Wildman–Crippen LogP) is 2.49. The van der Waals surface area contributed by atoms with Gasteiger partial charge >= 0.3 is 0 Å². The predicted molar refractivity (Wildman–Crippen MR) is 106 cm³/mol. The van der Waals surface area contributed by atoms with Gasteiger partial charge in [-0.3, -0.25) is 4.99 Å². The number of halogens is 1. The van der Waals surface area contributed by atoms with E-state index in [-0.39, 0.29) is 28.7 Å². The van der Waals surface area contributed by atoms with Crippen LogP contribution in [0.15, 0.2) is 9.52 Å². The first-order chi connectivity index (χ1) is 10.6. The van der Waals surface area contributed by atoms with Crippen molar-refractivity contribution in [1.82, 2.24) is 15.8 Å². The molecule has 2 heterocycles. The fourth-order valence-electron chi connectivity index (χ4n) is 2.59. The van der Waals surface area contributed by atoms with Crippen molar-refractivity contribution in [3.8, 4) is 0 Å². The fourth-order valence-corrected chi connectivity index (χ4v) is 3.38. The Bertz CT molecular complexity index is 496. The van der Waals surface area contributed by atoms with Gasteiger partial charge in [0.25, 0.3) is 0 Å². The number of nitrogens with zero attached hydrogens (tertiary/aromatic N) is 2. The molecule has 0 spiro atoms. The van der Waals surface area contributed by atoms with E-state index >= 15 is 0 Å². The Morgan fingerprint density at radius 2 is 2.00 bits per heavy atom. The van der Waals surface area contributed by atoms with Crippen LogP contribution < -0.4 is 10.6 Å². The van der Waals surface area contributed by atoms with Crippen molar-refractivity contribution < 1.29 is 9.26 Å². The molecule has 0 atom stereocenters. The summed E-state index contributed by atoms with van der Waals surface area (Å²) in [6.45, 7) is 7.11. The summed E-state index contributed by atoms with van der Waals surface area (Å²) in [5.41, 5.74) is 2.01. The van der Waals surface area contributed by atoms with Crippen LogP contribution in [-0.2, 0) is 11.3 Å². The van der Waals surface area contributed by atoms with Crippen LogP contribution in [0.3, 0.4) is 0 Å². The molecule has 1 aromatic rings. The molecule has 132 valence electrons. The number of hydrogen-bond acceptors (Lipinski definition) is 5. The van der Waals surface area contributed by atoms with Gasteiger partial charge in [-0.2, -0.15) is 11.8 Å². The second kappa shape index (κ2) is 9.73. The second-order valence-electron chi connectivity index (χ2n) is 5.58. The third-order valence-corrected chi connectivity index (χ3v) is 5.67. The van der Waals surface area contributed by atoms with E-state index < -0.39 is 0 Å². The third kappa shape index (κ3) is 5.53. The van der Waals surface area contributed by atoms with Gasteiger partial charge in [0.1, 0.15) is 5.76 Å². The van der Waals surface area contributed by atoms with Gasteiger partial charge in [-0.1, -0.05) is 5.16 Å². The highest BCUT2D eigenvalue weighted by atomic mass is 127. The first-order valence-electron chi connectivity index (χ1n) is 7.59. The van der Waals surface area contributed by atoms with Crippen molar-refractivity contribution >= 4 is 41.7 Å². The van der Waals surface area contributed by atoms with Crippen LogP contribution >= 0.6 is 35.7 Å². The zero-order valence-corrected chi connectivity index (χ0v) is 17.4. The highest BCUT2D eigenvalue weighted by Gasteiger charge is 2.31. The van der Waals surface area contributed by atoms with E-state index in [1.165, 1.54) is 0 Å². The summed E-state index contributed by atoms with van der Waals surface area (Å²) in [5.74, 6) is 1.66. The zero-order chi connectivity index (χ0) is 16.0. The SMILES string of the molecule is CN=C(NCc1c(C)noc1C)NCC1(SC)CCOCC1.I. The number of rotatable bonds is 5. The molecule has 0 aromatic carbocycles. The molecule has 1 aromatic heterocycles. The number of guanidine groups is 1. The largest absolute Gasteiger partial charge is 0.381 e. The maximum absolute atomic E-state index is 5.48. The highest BCUT2D eigenvalue weighted by molar-refractivity contribution is 14.0. The summed E-state index contributed by atoms with van der Waals surface area (Å²) >= 11 is 1.92. The van der Waals surface area contributed by atoms with Crippen molar-refractivity contribution in [3.05, 3.63) is 17.0 Å². The minimum atomic E-state index is 0. The monoisotopic (exact) mass is 454 g/mol. The van der Waals surface area contributed by atoms with Gasteiger partial charge in [-0.15, -0.1) is 24.0 Å². The molecule has 0 saturated carbocycles. The van der Waals surface area contributed by atoms with Crippen molar-refractivity contribution in [1.29, 1.82) is 0 Å². The van der Waals surface area contributed by atoms with Gasteiger partial charge in [0.15, 0.2) is 5.96 Å². The highest BCUT2D eigenvalue weighted by Crippen LogP contribution is 2.32. The first-order valence-corrected chi connectivity index (χ1v) is 8.82. The van der Waals surface area contributed by atoms with E-state index in [1.807, 2.05) is 25.6 Å². The van der Waals surface area contributed by atoms with E-state index in [9.17, 15) is 0 Å². The number of hydrogen-bond donors (Lipinski definition) is 2. The lowest BCUT2D eigenvalue weighted by Crippen LogP contribution is -2.47. The molecule has 1 fully saturated rings. The van der Waals surface area contributed by atoms with Gasteiger partial charge in [0.05, 0.1) is 5.69 Å². The van der Waals surface area contributed by atoms with Gasteiger partial charge in [-0.25, -0.2) is 0 Å². The number of aliphatic imine (C=N–C) groups is 1. The number of thioether (sulfide) groups is 1. The van der Waals surface area contributed by atoms with Gasteiger partial charge in [-0.05, 0) is 32.9 Å². The van der Waals surface area contributed by atoms with Crippen LogP contribution in [0.1, 0.15) is 29.9 Å². The topological polar surface area (TPSA) is 71.7 Å². The Hall–Kier alpha value is -0.480. The summed E-state index contributed by atoms with van der Waals surface area (Å²) in [5, 5.41) is 10.7. The van der Waals surface area contributed by atoms with Crippen molar-refractivity contribution in [2.45, 2.75) is 38.0 Å². The summed E-state index contributed by atoms with van der Waals surface area (Å²) in [4.78, 5) is 4.30. The lowest BCUT2D eigenvalue weighted by atomic mass is 9.99. The number of aromatic nitrogens is 1. The van der Waals surface area contributed by atoms with Crippen LogP contribution in [0.4, 0.5) is 0 Å². The first kappa shape index (κ1) is 20.6. The van der Waals surface area contributed by atoms with E-state index in [0.29, 0.717) is 6.54 Å². The summed E-state index contributed by atoms with van der Waals surface area (Å²) in [7, 11) is 1.79. The van der Waals surface area contributed by atoms with E-state index in [2.05, 4.69) is 27.0 Å². The van der Waals surface area contributed by atoms with Crippen LogP contribution in [0.25, 0.3) is 0 Å². The van der Waals surface area contributed by atoms with Crippen molar-refractivity contribution in [3.63, 3.8) is 0 Å². The van der Waals surface area contributed by atoms with Crippen LogP contribution in [0.2, 0.25) is 0 Å². The maximum atomic E-state index is 5.48. The van der Waals surface area contributed by atoms with Crippen LogP contribution in [-0.4, -0.2) is 48.9 Å². The van der Waals surface area contributed by atoms with Crippen LogP contribution in [0, 0.1) is 13.8 Å². The molecule has 1 aliphatic rings. The molecule has 2 N–H and O–H groups in total. The summed E-state index contributed by atoms with van der Waals surface area (Å²) < 4.78 is 10.9. The number of ether oxygens (including phenoxy) is 1. The minimum Gasteiger partial charge on any atom is -0.381 e. The van der Waals surface area contributed by atoms with Crippen molar-refractivity contribution in [2.75, 3.05) is 33.1 Å². The molecule has 0 radical (unpaired) electrons. The molecule has 1 saturated heterocycles. The molecule has 2 rings (SSSR count). The Morgan fingerprint density at radius 3 is 2.52 bits per heavy atom. The molecular weight excluding hydrogens is 427 g/mol. The standard InChI is InChI=1S/C15H26N4O2S.HI/c1-11-13(12(2)21-19-11)9-17-14(16-3)18-10-15(22-4)5-7-20-8-6-15;/h5-10H2,1-4H3,(H2,16,17,18);1H. The Morgan fingerprint density at radius 1 is 1.30 bits per heavy atom. The van der Waals surface area contributed by atoms with Crippen molar-refractivity contribution in [2.24, 2.45) is 4.99 Å². The molecule has 1 aliphatic heterocycles. The lowest BCUT2D eigenvalue weighted by Gasteiger charge is -2.36.